The zero-order chi connectivity index (χ0) is 16.4. The Morgan fingerprint density at radius 2 is 1.57 bits per heavy atom. The van der Waals surface area contributed by atoms with Gasteiger partial charge in [0.25, 0.3) is 0 Å². The van der Waals surface area contributed by atoms with Gasteiger partial charge in [0.05, 0.1) is 0 Å². The molecule has 0 aliphatic rings. The topological polar surface area (TPSA) is 52.8 Å². The molecule has 0 radical (unpaired) electrons. The van der Waals surface area contributed by atoms with Crippen LogP contribution in [0.25, 0.3) is 22.5 Å². The molecule has 0 N–H and O–H groups in total. The third-order valence-electron chi connectivity index (χ3n) is 2.99. The Hall–Kier alpha value is -2.90. The summed E-state index contributed by atoms with van der Waals surface area (Å²) in [6.45, 7) is 0. The highest BCUT2D eigenvalue weighted by molar-refractivity contribution is 5.77. The number of halogens is 3. The van der Waals surface area contributed by atoms with Crippen LogP contribution in [0.5, 0.6) is 5.88 Å². The molecule has 3 rings (SSSR count). The van der Waals surface area contributed by atoms with Gasteiger partial charge in [-0.2, -0.15) is 15.0 Å². The van der Waals surface area contributed by atoms with E-state index in [0.717, 1.165) is 11.6 Å². The van der Waals surface area contributed by atoms with E-state index in [4.69, 9.17) is 0 Å². The zero-order valence-corrected chi connectivity index (χ0v) is 11.9. The summed E-state index contributed by atoms with van der Waals surface area (Å²) in [5.74, 6) is -0.522. The lowest BCUT2D eigenvalue weighted by atomic mass is 10.1. The quantitative estimate of drug-likeness (QED) is 0.742. The summed E-state index contributed by atoms with van der Waals surface area (Å²) in [7, 11) is 1.67. The first-order valence-electron chi connectivity index (χ1n) is 6.61. The highest BCUT2D eigenvalue weighted by Crippen LogP contribution is 2.29. The maximum absolute atomic E-state index is 12.2. The van der Waals surface area contributed by atoms with Gasteiger partial charge in [0.2, 0.25) is 5.88 Å². The molecule has 0 saturated heterocycles. The number of alkyl halides is 3. The summed E-state index contributed by atoms with van der Waals surface area (Å²) in [4.78, 5) is 5.07. The van der Waals surface area contributed by atoms with Crippen molar-refractivity contribution in [3.8, 4) is 28.4 Å². The second-order valence-corrected chi connectivity index (χ2v) is 4.69. The lowest BCUT2D eigenvalue weighted by Crippen LogP contribution is -2.17. The predicted octanol–water partition coefficient (Wildman–Crippen LogP) is 3.44. The number of aryl methyl sites for hydroxylation is 1. The van der Waals surface area contributed by atoms with Gasteiger partial charge < -0.3 is 4.74 Å². The van der Waals surface area contributed by atoms with Crippen molar-refractivity contribution in [1.29, 1.82) is 0 Å². The lowest BCUT2D eigenvalue weighted by molar-refractivity contribution is -0.276. The monoisotopic (exact) mass is 320 g/mol. The zero-order valence-electron chi connectivity index (χ0n) is 11.9. The highest BCUT2D eigenvalue weighted by atomic mass is 19.4. The van der Waals surface area contributed by atoms with E-state index in [1.165, 1.54) is 17.1 Å². The number of ether oxygens (including phenoxy) is 1. The van der Waals surface area contributed by atoms with E-state index in [2.05, 4.69) is 19.9 Å². The van der Waals surface area contributed by atoms with Crippen molar-refractivity contribution in [3.05, 3.63) is 48.7 Å². The Labute approximate surface area is 129 Å². The SMILES string of the molecule is Cn1nc(-c2ccccc2)c(-c2ccc(OC(F)(F)F)nc2)n1. The standard InChI is InChI=1S/C15H11F3N4O/c1-22-20-13(10-5-3-2-4-6-10)14(21-22)11-7-8-12(19-9-11)23-15(16,17)18/h2-9H,1H3. The van der Waals surface area contributed by atoms with Gasteiger partial charge in [-0.1, -0.05) is 30.3 Å². The number of benzene rings is 1. The van der Waals surface area contributed by atoms with Crippen LogP contribution in [-0.2, 0) is 7.05 Å². The Bertz CT molecular complexity index is 798. The van der Waals surface area contributed by atoms with Gasteiger partial charge in [-0.3, -0.25) is 0 Å². The fourth-order valence-electron chi connectivity index (χ4n) is 2.09. The van der Waals surface area contributed by atoms with Crippen LogP contribution < -0.4 is 4.74 Å². The van der Waals surface area contributed by atoms with Crippen molar-refractivity contribution in [2.45, 2.75) is 6.36 Å². The molecule has 118 valence electrons. The molecule has 5 nitrogen and oxygen atoms in total. The molecule has 8 heteroatoms. The molecular formula is C15H11F3N4O. The van der Waals surface area contributed by atoms with E-state index >= 15 is 0 Å². The summed E-state index contributed by atoms with van der Waals surface area (Å²) in [6.07, 6.45) is -3.49. The average molecular weight is 320 g/mol. The Morgan fingerprint density at radius 3 is 2.13 bits per heavy atom. The summed E-state index contributed by atoms with van der Waals surface area (Å²) in [6, 6.07) is 12.0. The van der Waals surface area contributed by atoms with Gasteiger partial charge >= 0.3 is 6.36 Å². The van der Waals surface area contributed by atoms with Crippen LogP contribution >= 0.6 is 0 Å². The fourth-order valence-corrected chi connectivity index (χ4v) is 2.09. The molecule has 0 aliphatic carbocycles. The third kappa shape index (κ3) is 3.47. The van der Waals surface area contributed by atoms with Crippen LogP contribution in [0.2, 0.25) is 0 Å². The largest absolute Gasteiger partial charge is 0.574 e. The Morgan fingerprint density at radius 1 is 0.913 bits per heavy atom. The summed E-state index contributed by atoms with van der Waals surface area (Å²) in [5, 5.41) is 8.57. The van der Waals surface area contributed by atoms with Gasteiger partial charge in [0.1, 0.15) is 11.4 Å². The van der Waals surface area contributed by atoms with Gasteiger partial charge in [-0.15, -0.1) is 13.2 Å². The normalized spacial score (nSPS) is 11.5. The molecule has 0 amide bonds. The summed E-state index contributed by atoms with van der Waals surface area (Å²) < 4.78 is 40.3. The van der Waals surface area contributed by atoms with Gasteiger partial charge in [-0.25, -0.2) is 4.98 Å². The van der Waals surface area contributed by atoms with Crippen LogP contribution in [0.15, 0.2) is 48.7 Å². The minimum atomic E-state index is -4.77. The van der Waals surface area contributed by atoms with Crippen LogP contribution in [0, 0.1) is 0 Å². The molecule has 0 atom stereocenters. The first-order valence-corrected chi connectivity index (χ1v) is 6.61. The van der Waals surface area contributed by atoms with Crippen molar-refractivity contribution in [3.63, 3.8) is 0 Å². The number of aromatic nitrogens is 4. The van der Waals surface area contributed by atoms with Crippen LogP contribution in [0.3, 0.4) is 0 Å². The van der Waals surface area contributed by atoms with Gasteiger partial charge in [0, 0.05) is 30.4 Å². The molecule has 0 fully saturated rings. The number of pyridine rings is 1. The lowest BCUT2D eigenvalue weighted by Gasteiger charge is -2.07. The van der Waals surface area contributed by atoms with Crippen molar-refractivity contribution in [2.75, 3.05) is 0 Å². The minimum Gasteiger partial charge on any atom is -0.388 e. The van der Waals surface area contributed by atoms with E-state index in [1.54, 1.807) is 7.05 Å². The van der Waals surface area contributed by atoms with Crippen molar-refractivity contribution in [2.24, 2.45) is 7.05 Å². The van der Waals surface area contributed by atoms with E-state index in [9.17, 15) is 13.2 Å². The van der Waals surface area contributed by atoms with Crippen LogP contribution in [-0.4, -0.2) is 26.3 Å². The molecule has 2 heterocycles. The average Bonchev–Trinajstić information content (AvgIpc) is 2.89. The number of nitrogens with zero attached hydrogens (tertiary/aromatic N) is 4. The van der Waals surface area contributed by atoms with E-state index in [1.807, 2.05) is 30.3 Å². The number of rotatable bonds is 3. The van der Waals surface area contributed by atoms with Crippen molar-refractivity contribution >= 4 is 0 Å². The van der Waals surface area contributed by atoms with Crippen LogP contribution in [0.1, 0.15) is 0 Å². The van der Waals surface area contributed by atoms with E-state index in [-0.39, 0.29) is 0 Å². The van der Waals surface area contributed by atoms with E-state index < -0.39 is 12.2 Å². The third-order valence-corrected chi connectivity index (χ3v) is 2.99. The molecule has 0 unspecified atom stereocenters. The number of hydrogen-bond donors (Lipinski definition) is 0. The first-order chi connectivity index (χ1) is 10.9. The maximum atomic E-state index is 12.2. The van der Waals surface area contributed by atoms with Crippen LogP contribution in [0.4, 0.5) is 13.2 Å². The Balaban J connectivity index is 1.96. The van der Waals surface area contributed by atoms with Crippen molar-refractivity contribution < 1.29 is 17.9 Å². The molecule has 0 aliphatic heterocycles. The van der Waals surface area contributed by atoms with Gasteiger partial charge in [0.15, 0.2) is 0 Å². The van der Waals surface area contributed by atoms with Gasteiger partial charge in [-0.05, 0) is 6.07 Å². The van der Waals surface area contributed by atoms with E-state index in [0.29, 0.717) is 17.0 Å². The number of hydrogen-bond acceptors (Lipinski definition) is 4. The Kier molecular flexibility index (Phi) is 3.73. The molecule has 0 bridgehead atoms. The fraction of sp³-hybridized carbons (Fsp3) is 0.133. The molecule has 3 aromatic rings. The summed E-state index contributed by atoms with van der Waals surface area (Å²) >= 11 is 0. The predicted molar refractivity (Wildman–Crippen MR) is 76.4 cm³/mol. The first kappa shape index (κ1) is 15.0. The molecule has 2 aromatic heterocycles. The maximum Gasteiger partial charge on any atom is 0.574 e. The second kappa shape index (κ2) is 5.71. The molecule has 23 heavy (non-hydrogen) atoms. The minimum absolute atomic E-state index is 0.522. The molecule has 0 spiro atoms. The smallest absolute Gasteiger partial charge is 0.388 e. The summed E-state index contributed by atoms with van der Waals surface area (Å²) in [5.41, 5.74) is 2.56. The molecular weight excluding hydrogens is 309 g/mol. The second-order valence-electron chi connectivity index (χ2n) is 4.69. The van der Waals surface area contributed by atoms with Crippen molar-refractivity contribution in [1.82, 2.24) is 20.0 Å². The molecule has 1 aromatic carbocycles. The highest BCUT2D eigenvalue weighted by Gasteiger charge is 2.31. The molecule has 0 saturated carbocycles.